The van der Waals surface area contributed by atoms with Crippen molar-refractivity contribution in [1.29, 1.82) is 0 Å². The number of carbonyl (C=O) groups is 1. The highest BCUT2D eigenvalue weighted by Gasteiger charge is 2.27. The molecule has 1 aliphatic heterocycles. The summed E-state index contributed by atoms with van der Waals surface area (Å²) in [5, 5.41) is 4.82. The van der Waals surface area contributed by atoms with Crippen LogP contribution >= 0.6 is 23.4 Å². The lowest BCUT2D eigenvalue weighted by molar-refractivity contribution is -0.121. The highest BCUT2D eigenvalue weighted by atomic mass is 35.5. The predicted octanol–water partition coefficient (Wildman–Crippen LogP) is 4.66. The van der Waals surface area contributed by atoms with E-state index in [4.69, 9.17) is 16.3 Å². The second kappa shape index (κ2) is 7.87. The van der Waals surface area contributed by atoms with Crippen LogP contribution in [0, 0.1) is 0 Å². The van der Waals surface area contributed by atoms with Crippen LogP contribution in [0.3, 0.4) is 0 Å². The molecule has 4 nitrogen and oxygen atoms in total. The molecule has 0 saturated heterocycles. The third kappa shape index (κ3) is 3.94. The van der Waals surface area contributed by atoms with Crippen LogP contribution in [0.5, 0.6) is 5.75 Å². The number of amides is 1. The Morgan fingerprint density at radius 2 is 2.22 bits per heavy atom. The summed E-state index contributed by atoms with van der Waals surface area (Å²) >= 11 is 8.05. The zero-order valence-electron chi connectivity index (χ0n) is 15.0. The number of H-pyrrole nitrogens is 1. The first-order valence-electron chi connectivity index (χ1n) is 8.96. The fraction of sp³-hybridized carbons (Fsp3) is 0.286. The normalized spacial score (nSPS) is 15.6. The summed E-state index contributed by atoms with van der Waals surface area (Å²) in [6.45, 7) is 0.510. The van der Waals surface area contributed by atoms with Gasteiger partial charge in [-0.05, 0) is 47.5 Å². The molecule has 0 aliphatic carbocycles. The molecule has 0 fully saturated rings. The first kappa shape index (κ1) is 18.3. The molecular formula is C21H21ClN2O2S. The average molecular weight is 401 g/mol. The molecule has 2 N–H and O–H groups in total. The average Bonchev–Trinajstić information content (AvgIpc) is 3.29. The van der Waals surface area contributed by atoms with E-state index in [1.807, 2.05) is 24.6 Å². The molecule has 140 valence electrons. The van der Waals surface area contributed by atoms with E-state index in [0.29, 0.717) is 18.0 Å². The minimum absolute atomic E-state index is 0.0635. The van der Waals surface area contributed by atoms with Crippen molar-refractivity contribution < 1.29 is 9.53 Å². The molecule has 3 aromatic rings. The first-order valence-corrected chi connectivity index (χ1v) is 10.7. The second-order valence-electron chi connectivity index (χ2n) is 6.71. The molecule has 0 unspecified atom stereocenters. The Balaban J connectivity index is 1.55. The van der Waals surface area contributed by atoms with Crippen LogP contribution in [0.15, 0.2) is 42.6 Å². The molecule has 0 bridgehead atoms. The quantitative estimate of drug-likeness (QED) is 0.632. The molecule has 0 spiro atoms. The Bertz CT molecular complexity index is 985. The van der Waals surface area contributed by atoms with Crippen LogP contribution in [-0.2, 0) is 11.2 Å². The monoisotopic (exact) mass is 400 g/mol. The van der Waals surface area contributed by atoms with Gasteiger partial charge in [0.05, 0.1) is 6.54 Å². The van der Waals surface area contributed by atoms with E-state index in [0.717, 1.165) is 45.5 Å². The van der Waals surface area contributed by atoms with Gasteiger partial charge in [-0.25, -0.2) is 0 Å². The summed E-state index contributed by atoms with van der Waals surface area (Å²) < 4.78 is 6.21. The number of hydrogen-bond donors (Lipinski definition) is 2. The SMILES string of the molecule is CSCCC(=O)NC[C@H]1Cc2cc(Cl)cc(-c3ccc4[nH]ccc4c3)c2O1. The molecular weight excluding hydrogens is 380 g/mol. The number of rotatable bonds is 6. The van der Waals surface area contributed by atoms with Gasteiger partial charge in [0.25, 0.3) is 0 Å². The summed E-state index contributed by atoms with van der Waals surface area (Å²) in [5.41, 5.74) is 4.27. The smallest absolute Gasteiger partial charge is 0.220 e. The van der Waals surface area contributed by atoms with Crippen LogP contribution < -0.4 is 10.1 Å². The van der Waals surface area contributed by atoms with Gasteiger partial charge in [-0.1, -0.05) is 17.7 Å². The van der Waals surface area contributed by atoms with Crippen LogP contribution in [0.1, 0.15) is 12.0 Å². The Labute approximate surface area is 167 Å². The maximum Gasteiger partial charge on any atom is 0.220 e. The lowest BCUT2D eigenvalue weighted by atomic mass is 9.99. The summed E-state index contributed by atoms with van der Waals surface area (Å²) in [6, 6.07) is 12.2. The van der Waals surface area contributed by atoms with E-state index in [2.05, 4.69) is 34.6 Å². The second-order valence-corrected chi connectivity index (χ2v) is 8.13. The lowest BCUT2D eigenvalue weighted by Gasteiger charge is -2.14. The molecule has 0 radical (unpaired) electrons. The van der Waals surface area contributed by atoms with Crippen molar-refractivity contribution in [1.82, 2.24) is 10.3 Å². The number of halogens is 1. The van der Waals surface area contributed by atoms with Crippen LogP contribution in [-0.4, -0.2) is 35.5 Å². The Hall–Kier alpha value is -2.11. The first-order chi connectivity index (χ1) is 13.1. The van der Waals surface area contributed by atoms with E-state index in [9.17, 15) is 4.79 Å². The third-order valence-electron chi connectivity index (χ3n) is 4.79. The van der Waals surface area contributed by atoms with E-state index >= 15 is 0 Å². The van der Waals surface area contributed by atoms with Crippen molar-refractivity contribution in [2.24, 2.45) is 0 Å². The van der Waals surface area contributed by atoms with Gasteiger partial charge in [0.2, 0.25) is 5.91 Å². The number of benzene rings is 2. The fourth-order valence-corrected chi connectivity index (χ4v) is 4.08. The van der Waals surface area contributed by atoms with Crippen molar-refractivity contribution in [3.05, 3.63) is 53.2 Å². The van der Waals surface area contributed by atoms with Gasteiger partial charge in [-0.3, -0.25) is 4.79 Å². The third-order valence-corrected chi connectivity index (χ3v) is 5.62. The topological polar surface area (TPSA) is 54.1 Å². The van der Waals surface area contributed by atoms with Crippen molar-refractivity contribution in [2.75, 3.05) is 18.6 Å². The Morgan fingerprint density at radius 1 is 1.33 bits per heavy atom. The van der Waals surface area contributed by atoms with Crippen molar-refractivity contribution in [3.63, 3.8) is 0 Å². The number of aromatic nitrogens is 1. The van der Waals surface area contributed by atoms with E-state index in [1.54, 1.807) is 11.8 Å². The fourth-order valence-electron chi connectivity index (χ4n) is 3.45. The molecule has 0 saturated carbocycles. The van der Waals surface area contributed by atoms with Gasteiger partial charge < -0.3 is 15.0 Å². The minimum atomic E-state index is -0.0635. The van der Waals surface area contributed by atoms with Crippen LogP contribution in [0.2, 0.25) is 5.02 Å². The lowest BCUT2D eigenvalue weighted by Crippen LogP contribution is -2.34. The van der Waals surface area contributed by atoms with Crippen LogP contribution in [0.25, 0.3) is 22.0 Å². The molecule has 27 heavy (non-hydrogen) atoms. The molecule has 1 amide bonds. The highest BCUT2D eigenvalue weighted by Crippen LogP contribution is 2.41. The number of nitrogens with one attached hydrogen (secondary N) is 2. The van der Waals surface area contributed by atoms with Gasteiger partial charge in [-0.15, -0.1) is 0 Å². The summed E-state index contributed by atoms with van der Waals surface area (Å²) in [4.78, 5) is 15.1. The number of thioether (sulfide) groups is 1. The number of aromatic amines is 1. The Kier molecular flexibility index (Phi) is 5.32. The number of hydrogen-bond acceptors (Lipinski definition) is 3. The summed E-state index contributed by atoms with van der Waals surface area (Å²) in [7, 11) is 0. The van der Waals surface area contributed by atoms with Gasteiger partial charge in [0.1, 0.15) is 11.9 Å². The minimum Gasteiger partial charge on any atom is -0.487 e. The molecule has 1 atom stereocenters. The number of ether oxygens (including phenoxy) is 1. The summed E-state index contributed by atoms with van der Waals surface area (Å²) in [5.74, 6) is 1.77. The van der Waals surface area contributed by atoms with Crippen molar-refractivity contribution >= 4 is 40.2 Å². The predicted molar refractivity (Wildman–Crippen MR) is 113 cm³/mol. The van der Waals surface area contributed by atoms with Gasteiger partial charge in [0.15, 0.2) is 0 Å². The van der Waals surface area contributed by atoms with Gasteiger partial charge in [-0.2, -0.15) is 11.8 Å². The van der Waals surface area contributed by atoms with Crippen molar-refractivity contribution in [2.45, 2.75) is 18.9 Å². The largest absolute Gasteiger partial charge is 0.487 e. The van der Waals surface area contributed by atoms with Gasteiger partial charge >= 0.3 is 0 Å². The van der Waals surface area contributed by atoms with E-state index in [-0.39, 0.29) is 12.0 Å². The maximum absolute atomic E-state index is 11.9. The van der Waals surface area contributed by atoms with E-state index in [1.165, 1.54) is 0 Å². The molecule has 1 aliphatic rings. The Morgan fingerprint density at radius 3 is 3.07 bits per heavy atom. The highest BCUT2D eigenvalue weighted by molar-refractivity contribution is 7.98. The number of fused-ring (bicyclic) bond motifs is 2. The number of carbonyl (C=O) groups excluding carboxylic acids is 1. The molecule has 2 aromatic carbocycles. The molecule has 2 heterocycles. The molecule has 6 heteroatoms. The molecule has 4 rings (SSSR count). The van der Waals surface area contributed by atoms with Crippen molar-refractivity contribution in [3.8, 4) is 16.9 Å². The zero-order valence-corrected chi connectivity index (χ0v) is 16.6. The zero-order chi connectivity index (χ0) is 18.8. The standard InChI is InChI=1S/C21H21ClN2O2S/c1-27-7-5-20(25)24-12-17-10-15-9-16(22)11-18(21(15)26-17)13-2-3-19-14(8-13)4-6-23-19/h2-4,6,8-9,11,17,23H,5,7,10,12H2,1H3,(H,24,25)/t17-/m1/s1. The maximum atomic E-state index is 11.9. The van der Waals surface area contributed by atoms with E-state index < -0.39 is 0 Å². The molecule has 1 aromatic heterocycles. The van der Waals surface area contributed by atoms with Gasteiger partial charge in [0, 0.05) is 46.5 Å². The van der Waals surface area contributed by atoms with Crippen LogP contribution in [0.4, 0.5) is 0 Å². The summed E-state index contributed by atoms with van der Waals surface area (Å²) in [6.07, 6.45) is 5.15.